The molecule has 11 heteroatoms. The van der Waals surface area contributed by atoms with Gasteiger partial charge in [0.25, 0.3) is 0 Å². The maximum atomic E-state index is 13.8. The van der Waals surface area contributed by atoms with Crippen molar-refractivity contribution in [3.63, 3.8) is 0 Å². The SMILES string of the molecule is CC(C)C[C@@H](NC(=O)[C@@H](CCc1ccccc1)NC(=O)[C@H](N)Cc1ccccc1)C(=O)N[C@H](CCCN)C(=O)N1CCCOCC1. The summed E-state index contributed by atoms with van der Waals surface area (Å²) in [6.45, 7) is 6.33. The number of carbonyl (C=O) groups excluding carboxylic acids is 4. The molecule has 0 bridgehead atoms. The number of carbonyl (C=O) groups is 4. The van der Waals surface area contributed by atoms with Gasteiger partial charge in [0.05, 0.1) is 12.6 Å². The van der Waals surface area contributed by atoms with Gasteiger partial charge in [-0.05, 0) is 68.5 Å². The van der Waals surface area contributed by atoms with E-state index in [4.69, 9.17) is 16.2 Å². The fraction of sp³-hybridized carbons (Fsp3) is 0.543. The Hall–Kier alpha value is -3.80. The zero-order chi connectivity index (χ0) is 33.3. The summed E-state index contributed by atoms with van der Waals surface area (Å²) in [6.07, 6.45) is 3.17. The lowest BCUT2D eigenvalue weighted by atomic mass is 9.99. The van der Waals surface area contributed by atoms with E-state index in [0.29, 0.717) is 71.4 Å². The first kappa shape index (κ1) is 36.7. The van der Waals surface area contributed by atoms with Crippen molar-refractivity contribution in [2.75, 3.05) is 32.8 Å². The summed E-state index contributed by atoms with van der Waals surface area (Å²) in [7, 11) is 0. The minimum atomic E-state index is -0.927. The molecule has 0 radical (unpaired) electrons. The second-order valence-corrected chi connectivity index (χ2v) is 12.4. The molecule has 1 heterocycles. The average molecular weight is 637 g/mol. The van der Waals surface area contributed by atoms with Gasteiger partial charge >= 0.3 is 0 Å². The third-order valence-corrected chi connectivity index (χ3v) is 8.02. The average Bonchev–Trinajstić information content (AvgIpc) is 3.34. The first-order valence-electron chi connectivity index (χ1n) is 16.5. The molecule has 0 spiro atoms. The highest BCUT2D eigenvalue weighted by atomic mass is 16.5. The molecule has 1 aliphatic heterocycles. The van der Waals surface area contributed by atoms with Crippen molar-refractivity contribution < 1.29 is 23.9 Å². The van der Waals surface area contributed by atoms with Crippen molar-refractivity contribution in [2.45, 2.75) is 83.0 Å². The van der Waals surface area contributed by atoms with E-state index in [1.54, 1.807) is 4.90 Å². The van der Waals surface area contributed by atoms with Crippen molar-refractivity contribution >= 4 is 23.6 Å². The number of rotatable bonds is 17. The summed E-state index contributed by atoms with van der Waals surface area (Å²) in [4.78, 5) is 55.9. The molecule has 1 fully saturated rings. The number of hydrogen-bond acceptors (Lipinski definition) is 7. The Balaban J connectivity index is 1.75. The van der Waals surface area contributed by atoms with Crippen LogP contribution in [0, 0.1) is 5.92 Å². The molecular formula is C35H52N6O5. The largest absolute Gasteiger partial charge is 0.380 e. The van der Waals surface area contributed by atoms with Gasteiger partial charge in [0.15, 0.2) is 0 Å². The summed E-state index contributed by atoms with van der Waals surface area (Å²) in [5.41, 5.74) is 13.9. The van der Waals surface area contributed by atoms with Crippen molar-refractivity contribution in [3.8, 4) is 0 Å². The van der Waals surface area contributed by atoms with Gasteiger partial charge < -0.3 is 37.1 Å². The number of ether oxygens (including phenoxy) is 1. The number of nitrogens with two attached hydrogens (primary N) is 2. The lowest BCUT2D eigenvalue weighted by molar-refractivity contribution is -0.138. The lowest BCUT2D eigenvalue weighted by Gasteiger charge is -2.29. The molecule has 0 unspecified atom stereocenters. The first-order chi connectivity index (χ1) is 22.2. The predicted octanol–water partition coefficient (Wildman–Crippen LogP) is 1.68. The zero-order valence-electron chi connectivity index (χ0n) is 27.3. The van der Waals surface area contributed by atoms with Gasteiger partial charge in [-0.1, -0.05) is 74.5 Å². The smallest absolute Gasteiger partial charge is 0.245 e. The van der Waals surface area contributed by atoms with Gasteiger partial charge in [0.2, 0.25) is 23.6 Å². The van der Waals surface area contributed by atoms with Crippen LogP contribution < -0.4 is 27.4 Å². The van der Waals surface area contributed by atoms with Crippen LogP contribution in [-0.4, -0.2) is 85.5 Å². The highest BCUT2D eigenvalue weighted by molar-refractivity contribution is 5.94. The topological polar surface area (TPSA) is 169 Å². The Labute approximate surface area is 273 Å². The first-order valence-corrected chi connectivity index (χ1v) is 16.5. The Bertz CT molecular complexity index is 1220. The lowest BCUT2D eigenvalue weighted by Crippen LogP contribution is -2.58. The minimum Gasteiger partial charge on any atom is -0.380 e. The van der Waals surface area contributed by atoms with Crippen LogP contribution in [0.2, 0.25) is 0 Å². The zero-order valence-corrected chi connectivity index (χ0v) is 27.3. The Kier molecular flexibility index (Phi) is 15.7. The molecule has 11 nitrogen and oxygen atoms in total. The number of benzene rings is 2. The van der Waals surface area contributed by atoms with Gasteiger partial charge in [-0.3, -0.25) is 19.2 Å². The summed E-state index contributed by atoms with van der Waals surface area (Å²) in [5.74, 6) is -1.49. The quantitative estimate of drug-likeness (QED) is 0.176. The third-order valence-electron chi connectivity index (χ3n) is 8.02. The van der Waals surface area contributed by atoms with Crippen LogP contribution >= 0.6 is 0 Å². The molecule has 2 aromatic carbocycles. The van der Waals surface area contributed by atoms with Gasteiger partial charge in [-0.2, -0.15) is 0 Å². The molecular weight excluding hydrogens is 584 g/mol. The van der Waals surface area contributed by atoms with Gasteiger partial charge in [0.1, 0.15) is 18.1 Å². The highest BCUT2D eigenvalue weighted by Gasteiger charge is 2.32. The number of amides is 4. The number of nitrogens with zero attached hydrogens (tertiary/aromatic N) is 1. The van der Waals surface area contributed by atoms with Crippen molar-refractivity contribution in [1.29, 1.82) is 0 Å². The molecule has 46 heavy (non-hydrogen) atoms. The Morgan fingerprint density at radius 1 is 0.783 bits per heavy atom. The molecule has 3 rings (SSSR count). The molecule has 1 saturated heterocycles. The van der Waals surface area contributed by atoms with Crippen LogP contribution in [0.4, 0.5) is 0 Å². The number of hydrogen-bond donors (Lipinski definition) is 5. The van der Waals surface area contributed by atoms with Gasteiger partial charge in [0, 0.05) is 19.7 Å². The van der Waals surface area contributed by atoms with Gasteiger partial charge in [-0.15, -0.1) is 0 Å². The molecule has 0 aromatic heterocycles. The van der Waals surface area contributed by atoms with E-state index in [9.17, 15) is 19.2 Å². The van der Waals surface area contributed by atoms with Crippen LogP contribution in [0.25, 0.3) is 0 Å². The second-order valence-electron chi connectivity index (χ2n) is 12.4. The Morgan fingerprint density at radius 2 is 1.39 bits per heavy atom. The maximum Gasteiger partial charge on any atom is 0.245 e. The van der Waals surface area contributed by atoms with Crippen LogP contribution in [0.15, 0.2) is 60.7 Å². The molecule has 0 saturated carbocycles. The number of nitrogens with one attached hydrogen (secondary N) is 3. The summed E-state index contributed by atoms with van der Waals surface area (Å²) < 4.78 is 5.50. The van der Waals surface area contributed by atoms with Crippen molar-refractivity contribution in [3.05, 3.63) is 71.8 Å². The molecule has 4 atom stereocenters. The van der Waals surface area contributed by atoms with Crippen molar-refractivity contribution in [2.24, 2.45) is 17.4 Å². The van der Waals surface area contributed by atoms with E-state index in [-0.39, 0.29) is 11.8 Å². The van der Waals surface area contributed by atoms with Gasteiger partial charge in [-0.25, -0.2) is 0 Å². The fourth-order valence-corrected chi connectivity index (χ4v) is 5.48. The van der Waals surface area contributed by atoms with E-state index in [2.05, 4.69) is 16.0 Å². The molecule has 4 amide bonds. The fourth-order valence-electron chi connectivity index (χ4n) is 5.48. The van der Waals surface area contributed by atoms with E-state index >= 15 is 0 Å². The maximum absolute atomic E-state index is 13.8. The second kappa shape index (κ2) is 19.7. The molecule has 0 aliphatic carbocycles. The molecule has 2 aromatic rings. The summed E-state index contributed by atoms with van der Waals surface area (Å²) >= 11 is 0. The van der Waals surface area contributed by atoms with Crippen LogP contribution in [0.5, 0.6) is 0 Å². The standard InChI is InChI=1S/C35H52N6O5/c1-25(2)23-31(34(44)39-30(15-9-18-36)35(45)41-19-10-21-46-22-20-41)40-33(43)29(17-16-26-11-5-3-6-12-26)38-32(42)28(37)24-27-13-7-4-8-14-27/h3-8,11-14,25,28-31H,9-10,15-24,36-37H2,1-2H3,(H,38,42)(H,39,44)(H,40,43)/t28-,29-,30-,31-/m1/s1. The molecule has 1 aliphatic rings. The van der Waals surface area contributed by atoms with Crippen LogP contribution in [-0.2, 0) is 36.8 Å². The monoisotopic (exact) mass is 636 g/mol. The van der Waals surface area contributed by atoms with E-state index in [0.717, 1.165) is 17.5 Å². The predicted molar refractivity (Wildman–Crippen MR) is 178 cm³/mol. The van der Waals surface area contributed by atoms with E-state index < -0.39 is 41.9 Å². The number of aryl methyl sites for hydroxylation is 1. The summed E-state index contributed by atoms with van der Waals surface area (Å²) in [6, 6.07) is 15.7. The Morgan fingerprint density at radius 3 is 2.04 bits per heavy atom. The highest BCUT2D eigenvalue weighted by Crippen LogP contribution is 2.12. The van der Waals surface area contributed by atoms with Crippen LogP contribution in [0.3, 0.4) is 0 Å². The van der Waals surface area contributed by atoms with E-state index in [1.165, 1.54) is 0 Å². The van der Waals surface area contributed by atoms with Crippen LogP contribution in [0.1, 0.15) is 57.1 Å². The van der Waals surface area contributed by atoms with Crippen molar-refractivity contribution in [1.82, 2.24) is 20.9 Å². The molecule has 7 N–H and O–H groups in total. The minimum absolute atomic E-state index is 0.0636. The summed E-state index contributed by atoms with van der Waals surface area (Å²) in [5, 5.41) is 8.65. The van der Waals surface area contributed by atoms with E-state index in [1.807, 2.05) is 74.5 Å². The normalized spacial score (nSPS) is 16.1. The third kappa shape index (κ3) is 12.5. The molecule has 252 valence electrons.